The van der Waals surface area contributed by atoms with E-state index in [1.807, 2.05) is 31.2 Å². The second-order valence-corrected chi connectivity index (χ2v) is 5.12. The molecule has 0 atom stereocenters. The molecule has 0 saturated carbocycles. The van der Waals surface area contributed by atoms with E-state index in [0.29, 0.717) is 23.1 Å². The van der Waals surface area contributed by atoms with Crippen molar-refractivity contribution in [3.63, 3.8) is 0 Å². The number of nitrogens with zero attached hydrogens (tertiary/aromatic N) is 2. The molecule has 0 unspecified atom stereocenters. The number of pyridine rings is 1. The van der Waals surface area contributed by atoms with E-state index in [-0.39, 0.29) is 5.84 Å². The van der Waals surface area contributed by atoms with Gasteiger partial charge in [0.15, 0.2) is 5.84 Å². The van der Waals surface area contributed by atoms with E-state index in [1.54, 1.807) is 12.1 Å². The van der Waals surface area contributed by atoms with Crippen molar-refractivity contribution in [2.24, 2.45) is 10.9 Å². The summed E-state index contributed by atoms with van der Waals surface area (Å²) >= 11 is 0. The van der Waals surface area contributed by atoms with Crippen LogP contribution in [0.2, 0.25) is 0 Å². The number of benzene rings is 1. The molecular weight excluding hydrogens is 266 g/mol. The molecule has 1 heterocycles. The maximum Gasteiger partial charge on any atom is 0.230 e. The number of aromatic nitrogens is 1. The van der Waals surface area contributed by atoms with Gasteiger partial charge in [0.25, 0.3) is 0 Å². The fraction of sp³-hybridized carbons (Fsp3) is 0.250. The molecule has 0 bridgehead atoms. The number of hydrogen-bond acceptors (Lipinski definition) is 4. The lowest BCUT2D eigenvalue weighted by molar-refractivity contribution is 0.318. The maximum atomic E-state index is 8.84. The Morgan fingerprint density at radius 1 is 1.29 bits per heavy atom. The summed E-state index contributed by atoms with van der Waals surface area (Å²) in [6.07, 6.45) is 0. The lowest BCUT2D eigenvalue weighted by Gasteiger charge is -2.12. The molecule has 110 valence electrons. The largest absolute Gasteiger partial charge is 0.438 e. The van der Waals surface area contributed by atoms with Gasteiger partial charge in [-0.3, -0.25) is 0 Å². The summed E-state index contributed by atoms with van der Waals surface area (Å²) in [5, 5.41) is 11.9. The first-order valence-corrected chi connectivity index (χ1v) is 6.74. The molecule has 0 amide bonds. The van der Waals surface area contributed by atoms with Crippen LogP contribution in [-0.4, -0.2) is 16.0 Å². The summed E-state index contributed by atoms with van der Waals surface area (Å²) in [5.41, 5.74) is 8.08. The zero-order chi connectivity index (χ0) is 15.4. The molecule has 1 aromatic heterocycles. The van der Waals surface area contributed by atoms with E-state index in [1.165, 1.54) is 5.56 Å². The first kappa shape index (κ1) is 14.8. The molecule has 0 aliphatic heterocycles. The van der Waals surface area contributed by atoms with Crippen molar-refractivity contribution in [1.29, 1.82) is 0 Å². The van der Waals surface area contributed by atoms with Gasteiger partial charge in [-0.15, -0.1) is 0 Å². The van der Waals surface area contributed by atoms with Crippen LogP contribution in [-0.2, 0) is 0 Å². The minimum Gasteiger partial charge on any atom is -0.438 e. The van der Waals surface area contributed by atoms with Gasteiger partial charge in [0.05, 0.1) is 5.56 Å². The van der Waals surface area contributed by atoms with Gasteiger partial charge in [0, 0.05) is 5.69 Å². The fourth-order valence-corrected chi connectivity index (χ4v) is 1.91. The summed E-state index contributed by atoms with van der Waals surface area (Å²) in [5.74, 6) is 1.37. The summed E-state index contributed by atoms with van der Waals surface area (Å²) in [4.78, 5) is 4.32. The first-order valence-electron chi connectivity index (χ1n) is 6.74. The van der Waals surface area contributed by atoms with E-state index in [2.05, 4.69) is 24.0 Å². The third kappa shape index (κ3) is 3.51. The average Bonchev–Trinajstić information content (AvgIpc) is 2.47. The summed E-state index contributed by atoms with van der Waals surface area (Å²) in [6, 6.07) is 11.3. The number of nitrogens with two attached hydrogens (primary N) is 1. The zero-order valence-corrected chi connectivity index (χ0v) is 12.4. The molecule has 0 fully saturated rings. The van der Waals surface area contributed by atoms with Gasteiger partial charge in [-0.1, -0.05) is 31.1 Å². The fourth-order valence-electron chi connectivity index (χ4n) is 1.91. The number of hydrogen-bond donors (Lipinski definition) is 2. The maximum absolute atomic E-state index is 8.84. The van der Waals surface area contributed by atoms with Gasteiger partial charge in [-0.05, 0) is 42.7 Å². The van der Waals surface area contributed by atoms with Crippen molar-refractivity contribution < 1.29 is 9.94 Å². The quantitative estimate of drug-likeness (QED) is 0.390. The normalized spacial score (nSPS) is 11.7. The van der Waals surface area contributed by atoms with Crippen LogP contribution in [0.4, 0.5) is 0 Å². The Bertz CT molecular complexity index is 666. The number of ether oxygens (including phenoxy) is 1. The predicted molar refractivity (Wildman–Crippen MR) is 82.1 cm³/mol. The van der Waals surface area contributed by atoms with Crippen LogP contribution >= 0.6 is 0 Å². The molecule has 0 aliphatic rings. The van der Waals surface area contributed by atoms with Crippen molar-refractivity contribution in [3.8, 4) is 11.6 Å². The van der Waals surface area contributed by atoms with Gasteiger partial charge in [0.2, 0.25) is 5.88 Å². The lowest BCUT2D eigenvalue weighted by atomic mass is 10.0. The molecule has 1 aromatic carbocycles. The Morgan fingerprint density at radius 2 is 2.05 bits per heavy atom. The minimum absolute atomic E-state index is 0.0301. The highest BCUT2D eigenvalue weighted by molar-refractivity contribution is 5.99. The van der Waals surface area contributed by atoms with Crippen LogP contribution in [0.15, 0.2) is 41.6 Å². The Balaban J connectivity index is 2.39. The van der Waals surface area contributed by atoms with E-state index < -0.39 is 0 Å². The highest BCUT2D eigenvalue weighted by Gasteiger charge is 2.12. The van der Waals surface area contributed by atoms with Gasteiger partial charge in [-0.2, -0.15) is 0 Å². The van der Waals surface area contributed by atoms with E-state index >= 15 is 0 Å². The monoisotopic (exact) mass is 285 g/mol. The van der Waals surface area contributed by atoms with Crippen LogP contribution in [0.25, 0.3) is 0 Å². The Hall–Kier alpha value is -2.56. The van der Waals surface area contributed by atoms with Crippen LogP contribution in [0, 0.1) is 6.92 Å². The average molecular weight is 285 g/mol. The SMILES string of the molecule is Cc1ccc(/C(N)=N/O)c(Oc2cccc(C(C)C)c2)n1. The molecule has 0 saturated heterocycles. The van der Waals surface area contributed by atoms with Crippen LogP contribution in [0.3, 0.4) is 0 Å². The minimum atomic E-state index is -0.0301. The standard InChI is InChI=1S/C16H19N3O2/c1-10(2)12-5-4-6-13(9-12)21-16-14(15(17)19-20)8-7-11(3)18-16/h4-10,20H,1-3H3,(H2,17,19). The number of aryl methyl sites for hydroxylation is 1. The van der Waals surface area contributed by atoms with Crippen molar-refractivity contribution in [2.75, 3.05) is 0 Å². The topological polar surface area (TPSA) is 80.7 Å². The van der Waals surface area contributed by atoms with Gasteiger partial charge >= 0.3 is 0 Å². The van der Waals surface area contributed by atoms with Crippen LogP contribution < -0.4 is 10.5 Å². The molecule has 5 heteroatoms. The Labute approximate surface area is 124 Å². The van der Waals surface area contributed by atoms with E-state index in [0.717, 1.165) is 5.69 Å². The van der Waals surface area contributed by atoms with Crippen molar-refractivity contribution >= 4 is 5.84 Å². The molecule has 0 aliphatic carbocycles. The summed E-state index contributed by atoms with van der Waals surface area (Å²) in [6.45, 7) is 6.09. The molecular formula is C16H19N3O2. The molecule has 0 spiro atoms. The molecule has 2 rings (SSSR count). The highest BCUT2D eigenvalue weighted by atomic mass is 16.5. The van der Waals surface area contributed by atoms with Crippen LogP contribution in [0.1, 0.15) is 36.6 Å². The van der Waals surface area contributed by atoms with Crippen molar-refractivity contribution in [1.82, 2.24) is 4.98 Å². The third-order valence-corrected chi connectivity index (χ3v) is 3.12. The van der Waals surface area contributed by atoms with Gasteiger partial charge in [-0.25, -0.2) is 4.98 Å². The lowest BCUT2D eigenvalue weighted by Crippen LogP contribution is -2.15. The number of oxime groups is 1. The molecule has 2 aromatic rings. The molecule has 21 heavy (non-hydrogen) atoms. The zero-order valence-electron chi connectivity index (χ0n) is 12.4. The molecule has 0 radical (unpaired) electrons. The van der Waals surface area contributed by atoms with Gasteiger partial charge < -0.3 is 15.7 Å². The molecule has 5 nitrogen and oxygen atoms in total. The van der Waals surface area contributed by atoms with Crippen LogP contribution in [0.5, 0.6) is 11.6 Å². The Morgan fingerprint density at radius 3 is 2.71 bits per heavy atom. The number of rotatable bonds is 4. The third-order valence-electron chi connectivity index (χ3n) is 3.12. The van der Waals surface area contributed by atoms with E-state index in [4.69, 9.17) is 15.7 Å². The van der Waals surface area contributed by atoms with Crippen molar-refractivity contribution in [3.05, 3.63) is 53.2 Å². The second kappa shape index (κ2) is 6.26. The van der Waals surface area contributed by atoms with E-state index in [9.17, 15) is 0 Å². The Kier molecular flexibility index (Phi) is 4.42. The van der Waals surface area contributed by atoms with Gasteiger partial charge in [0.1, 0.15) is 5.75 Å². The highest BCUT2D eigenvalue weighted by Crippen LogP contribution is 2.26. The first-order chi connectivity index (χ1) is 10.0. The second-order valence-electron chi connectivity index (χ2n) is 5.12. The number of amidine groups is 1. The smallest absolute Gasteiger partial charge is 0.230 e. The molecule has 3 N–H and O–H groups in total. The predicted octanol–water partition coefficient (Wildman–Crippen LogP) is 3.40. The summed E-state index contributed by atoms with van der Waals surface area (Å²) < 4.78 is 5.82. The summed E-state index contributed by atoms with van der Waals surface area (Å²) in [7, 11) is 0. The van der Waals surface area contributed by atoms with Crippen molar-refractivity contribution in [2.45, 2.75) is 26.7 Å².